The van der Waals surface area contributed by atoms with Gasteiger partial charge >= 0.3 is 0 Å². The van der Waals surface area contributed by atoms with Crippen LogP contribution < -0.4 is 15.4 Å². The van der Waals surface area contributed by atoms with Gasteiger partial charge in [0.15, 0.2) is 5.96 Å². The monoisotopic (exact) mass is 390 g/mol. The van der Waals surface area contributed by atoms with Crippen molar-refractivity contribution < 1.29 is 13.2 Å². The van der Waals surface area contributed by atoms with E-state index in [1.165, 1.54) is 12.1 Å². The summed E-state index contributed by atoms with van der Waals surface area (Å²) < 4.78 is 32.1. The second kappa shape index (κ2) is 12.1. The van der Waals surface area contributed by atoms with E-state index >= 15 is 0 Å². The zero-order valence-electron chi connectivity index (χ0n) is 14.7. The summed E-state index contributed by atoms with van der Waals surface area (Å²) in [6.07, 6.45) is 0.839. The Morgan fingerprint density at radius 1 is 1.24 bits per heavy atom. The molecule has 0 spiro atoms. The molecule has 1 rings (SSSR count). The molecule has 7 nitrogen and oxygen atoms in total. The summed E-state index contributed by atoms with van der Waals surface area (Å²) >= 11 is 5.83. The Bertz CT molecular complexity index is 638. The van der Waals surface area contributed by atoms with Crippen LogP contribution in [0.1, 0.15) is 20.3 Å². The SMILES string of the molecule is CCNC(=NCCCOCC)NCCNS(=O)(=O)c1cccc(Cl)c1. The smallest absolute Gasteiger partial charge is 0.240 e. The second-order valence-corrected chi connectivity index (χ2v) is 7.30. The number of nitrogens with zero attached hydrogens (tertiary/aromatic N) is 1. The van der Waals surface area contributed by atoms with E-state index in [4.69, 9.17) is 16.3 Å². The highest BCUT2D eigenvalue weighted by molar-refractivity contribution is 7.89. The van der Waals surface area contributed by atoms with Crippen LogP contribution in [0.2, 0.25) is 5.02 Å². The molecule has 142 valence electrons. The lowest BCUT2D eigenvalue weighted by atomic mass is 10.4. The van der Waals surface area contributed by atoms with Crippen molar-refractivity contribution in [2.24, 2.45) is 4.99 Å². The van der Waals surface area contributed by atoms with Crippen LogP contribution in [-0.2, 0) is 14.8 Å². The van der Waals surface area contributed by atoms with Crippen LogP contribution in [0.25, 0.3) is 0 Å². The van der Waals surface area contributed by atoms with Crippen molar-refractivity contribution in [1.82, 2.24) is 15.4 Å². The molecule has 0 aliphatic heterocycles. The molecule has 25 heavy (non-hydrogen) atoms. The van der Waals surface area contributed by atoms with Gasteiger partial charge in [0, 0.05) is 44.4 Å². The third-order valence-electron chi connectivity index (χ3n) is 3.08. The molecule has 0 aliphatic rings. The van der Waals surface area contributed by atoms with Crippen LogP contribution in [0.5, 0.6) is 0 Å². The Kier molecular flexibility index (Phi) is 10.5. The average Bonchev–Trinajstić information content (AvgIpc) is 2.58. The highest BCUT2D eigenvalue weighted by Gasteiger charge is 2.13. The Morgan fingerprint density at radius 2 is 2.04 bits per heavy atom. The van der Waals surface area contributed by atoms with E-state index in [9.17, 15) is 8.42 Å². The Balaban J connectivity index is 2.41. The summed E-state index contributed by atoms with van der Waals surface area (Å²) in [5.74, 6) is 0.654. The van der Waals surface area contributed by atoms with E-state index in [0.29, 0.717) is 37.3 Å². The molecule has 0 saturated carbocycles. The Labute approximate surface area is 155 Å². The normalized spacial score (nSPS) is 12.2. The molecule has 0 heterocycles. The maximum Gasteiger partial charge on any atom is 0.240 e. The van der Waals surface area contributed by atoms with Gasteiger partial charge in [-0.05, 0) is 38.5 Å². The first-order valence-electron chi connectivity index (χ1n) is 8.34. The summed E-state index contributed by atoms with van der Waals surface area (Å²) in [5.41, 5.74) is 0. The lowest BCUT2D eigenvalue weighted by molar-refractivity contribution is 0.146. The van der Waals surface area contributed by atoms with E-state index in [2.05, 4.69) is 20.3 Å². The van der Waals surface area contributed by atoms with Gasteiger partial charge in [-0.2, -0.15) is 0 Å². The topological polar surface area (TPSA) is 91.8 Å². The molecule has 9 heteroatoms. The first kappa shape index (κ1) is 21.7. The Morgan fingerprint density at radius 3 is 2.72 bits per heavy atom. The number of hydrogen-bond acceptors (Lipinski definition) is 4. The van der Waals surface area contributed by atoms with Crippen molar-refractivity contribution in [2.75, 3.05) is 39.4 Å². The van der Waals surface area contributed by atoms with E-state index in [1.54, 1.807) is 12.1 Å². The number of benzene rings is 1. The van der Waals surface area contributed by atoms with Crippen LogP contribution in [0, 0.1) is 0 Å². The van der Waals surface area contributed by atoms with Crippen molar-refractivity contribution in [3.8, 4) is 0 Å². The molecule has 0 radical (unpaired) electrons. The van der Waals surface area contributed by atoms with Crippen molar-refractivity contribution >= 4 is 27.6 Å². The molecule has 0 amide bonds. The standard InChI is InChI=1S/C16H27ClN4O3S/c1-3-18-16(19-9-6-12-24-4-2)20-10-11-21-25(22,23)15-8-5-7-14(17)13-15/h5,7-8,13,21H,3-4,6,9-12H2,1-2H3,(H2,18,19,20). The fourth-order valence-electron chi connectivity index (χ4n) is 1.93. The fourth-order valence-corrected chi connectivity index (χ4v) is 3.26. The summed E-state index contributed by atoms with van der Waals surface area (Å²) in [4.78, 5) is 4.56. The minimum absolute atomic E-state index is 0.150. The largest absolute Gasteiger partial charge is 0.382 e. The summed E-state index contributed by atoms with van der Waals surface area (Å²) in [6.45, 7) is 7.33. The van der Waals surface area contributed by atoms with Crippen LogP contribution in [-0.4, -0.2) is 53.8 Å². The summed E-state index contributed by atoms with van der Waals surface area (Å²) in [6, 6.07) is 6.16. The number of aliphatic imine (C=N–C) groups is 1. The van der Waals surface area contributed by atoms with Gasteiger partial charge in [0.2, 0.25) is 10.0 Å². The molecule has 0 fully saturated rings. The van der Waals surface area contributed by atoms with Gasteiger partial charge in [-0.1, -0.05) is 17.7 Å². The van der Waals surface area contributed by atoms with Crippen molar-refractivity contribution in [3.63, 3.8) is 0 Å². The predicted molar refractivity (Wildman–Crippen MR) is 102 cm³/mol. The highest BCUT2D eigenvalue weighted by atomic mass is 35.5. The fraction of sp³-hybridized carbons (Fsp3) is 0.562. The van der Waals surface area contributed by atoms with E-state index < -0.39 is 10.0 Å². The van der Waals surface area contributed by atoms with Crippen LogP contribution >= 0.6 is 11.6 Å². The number of nitrogens with one attached hydrogen (secondary N) is 3. The molecule has 0 unspecified atom stereocenters. The summed E-state index contributed by atoms with van der Waals surface area (Å²) in [7, 11) is -3.57. The van der Waals surface area contributed by atoms with Crippen molar-refractivity contribution in [1.29, 1.82) is 0 Å². The molecular weight excluding hydrogens is 364 g/mol. The average molecular weight is 391 g/mol. The van der Waals surface area contributed by atoms with Gasteiger partial charge in [-0.15, -0.1) is 0 Å². The molecule has 0 aromatic heterocycles. The number of ether oxygens (including phenoxy) is 1. The van der Waals surface area contributed by atoms with Gasteiger partial charge in [0.25, 0.3) is 0 Å². The first-order chi connectivity index (χ1) is 12.0. The van der Waals surface area contributed by atoms with Gasteiger partial charge in [-0.3, -0.25) is 4.99 Å². The second-order valence-electron chi connectivity index (χ2n) is 5.09. The Hall–Kier alpha value is -1.35. The van der Waals surface area contributed by atoms with E-state index in [-0.39, 0.29) is 11.4 Å². The molecule has 3 N–H and O–H groups in total. The maximum atomic E-state index is 12.2. The number of sulfonamides is 1. The zero-order valence-corrected chi connectivity index (χ0v) is 16.3. The highest BCUT2D eigenvalue weighted by Crippen LogP contribution is 2.14. The third-order valence-corrected chi connectivity index (χ3v) is 4.77. The molecule has 0 bridgehead atoms. The lowest BCUT2D eigenvalue weighted by Crippen LogP contribution is -2.41. The van der Waals surface area contributed by atoms with Crippen LogP contribution in [0.4, 0.5) is 0 Å². The van der Waals surface area contributed by atoms with Crippen LogP contribution in [0.3, 0.4) is 0 Å². The lowest BCUT2D eigenvalue weighted by Gasteiger charge is -2.12. The van der Waals surface area contributed by atoms with E-state index in [1.807, 2.05) is 13.8 Å². The number of hydrogen-bond donors (Lipinski definition) is 3. The van der Waals surface area contributed by atoms with Gasteiger partial charge in [0.05, 0.1) is 4.90 Å². The molecule has 0 saturated heterocycles. The van der Waals surface area contributed by atoms with Gasteiger partial charge in [0.1, 0.15) is 0 Å². The first-order valence-corrected chi connectivity index (χ1v) is 10.2. The minimum atomic E-state index is -3.57. The molecule has 1 aromatic rings. The van der Waals surface area contributed by atoms with Gasteiger partial charge < -0.3 is 15.4 Å². The zero-order chi connectivity index (χ0) is 18.5. The summed E-state index contributed by atoms with van der Waals surface area (Å²) in [5, 5.41) is 6.59. The van der Waals surface area contributed by atoms with Crippen molar-refractivity contribution in [2.45, 2.75) is 25.2 Å². The molecule has 1 aromatic carbocycles. The van der Waals surface area contributed by atoms with Crippen LogP contribution in [0.15, 0.2) is 34.2 Å². The molecule has 0 atom stereocenters. The van der Waals surface area contributed by atoms with Crippen molar-refractivity contribution in [3.05, 3.63) is 29.3 Å². The number of halogens is 1. The minimum Gasteiger partial charge on any atom is -0.382 e. The maximum absolute atomic E-state index is 12.2. The predicted octanol–water partition coefficient (Wildman–Crippen LogP) is 1.60. The van der Waals surface area contributed by atoms with Gasteiger partial charge in [-0.25, -0.2) is 13.1 Å². The van der Waals surface area contributed by atoms with E-state index in [0.717, 1.165) is 13.0 Å². The quantitative estimate of drug-likeness (QED) is 0.303. The number of guanidine groups is 1. The molecular formula is C16H27ClN4O3S. The number of rotatable bonds is 11. The third kappa shape index (κ3) is 9.06. The molecule has 0 aliphatic carbocycles.